The molecule has 1 aliphatic rings. The van der Waals surface area contributed by atoms with Crippen molar-refractivity contribution in [3.05, 3.63) is 30.6 Å². The second kappa shape index (κ2) is 6.38. The van der Waals surface area contributed by atoms with E-state index in [2.05, 4.69) is 4.98 Å². The molecule has 76 valence electrons. The lowest BCUT2D eigenvalue weighted by atomic mass is 10.4. The van der Waals surface area contributed by atoms with E-state index < -0.39 is 0 Å². The van der Waals surface area contributed by atoms with Crippen LogP contribution >= 0.6 is 11.6 Å². The highest BCUT2D eigenvalue weighted by atomic mass is 35.5. The zero-order chi connectivity index (χ0) is 10.2. The van der Waals surface area contributed by atoms with Crippen LogP contribution < -0.4 is 0 Å². The van der Waals surface area contributed by atoms with Gasteiger partial charge in [0.25, 0.3) is 0 Å². The first-order chi connectivity index (χ1) is 6.80. The van der Waals surface area contributed by atoms with Gasteiger partial charge in [0, 0.05) is 25.5 Å². The highest BCUT2D eigenvalue weighted by Crippen LogP contribution is 2.08. The van der Waals surface area contributed by atoms with E-state index in [0.29, 0.717) is 0 Å². The third kappa shape index (κ3) is 4.23. The summed E-state index contributed by atoms with van der Waals surface area (Å²) in [5.41, 5.74) is 0. The smallest absolute Gasteiger partial charge is 0.316 e. The molecule has 0 aromatic carbocycles. The van der Waals surface area contributed by atoms with Gasteiger partial charge in [-0.2, -0.15) is 0 Å². The largest absolute Gasteiger partial charge is 0.329 e. The van der Waals surface area contributed by atoms with Crippen LogP contribution in [0.15, 0.2) is 30.6 Å². The van der Waals surface area contributed by atoms with Crippen LogP contribution in [0, 0.1) is 0 Å². The SMILES string of the molecule is O=C(Cl)N1CCCC1.c1ccncc1. The van der Waals surface area contributed by atoms with Crippen LogP contribution in [0.5, 0.6) is 0 Å². The van der Waals surface area contributed by atoms with Crippen molar-refractivity contribution < 1.29 is 4.79 Å². The summed E-state index contributed by atoms with van der Waals surface area (Å²) in [6.07, 6.45) is 5.72. The van der Waals surface area contributed by atoms with Crippen molar-refractivity contribution >= 4 is 17.0 Å². The highest BCUT2D eigenvalue weighted by Gasteiger charge is 2.14. The molecule has 1 aromatic rings. The summed E-state index contributed by atoms with van der Waals surface area (Å²) < 4.78 is 0. The number of halogens is 1. The number of likely N-dealkylation sites (tertiary alicyclic amines) is 1. The number of carbonyl (C=O) groups excluding carboxylic acids is 1. The van der Waals surface area contributed by atoms with E-state index in [0.717, 1.165) is 25.9 Å². The van der Waals surface area contributed by atoms with Crippen LogP contribution in [0.4, 0.5) is 4.79 Å². The Balaban J connectivity index is 0.000000146. The molecule has 0 spiro atoms. The number of rotatable bonds is 0. The molecule has 0 radical (unpaired) electrons. The van der Waals surface area contributed by atoms with Crippen LogP contribution in [0.3, 0.4) is 0 Å². The first-order valence-electron chi connectivity index (χ1n) is 4.60. The molecular weight excluding hydrogens is 200 g/mol. The summed E-state index contributed by atoms with van der Waals surface area (Å²) >= 11 is 5.17. The summed E-state index contributed by atoms with van der Waals surface area (Å²) in [6.45, 7) is 1.70. The standard InChI is InChI=1S/C5H8ClNO.C5H5N/c6-5(8)7-3-1-2-4-7;1-2-4-6-5-3-1/h1-4H2;1-5H. The molecular formula is C10H13ClN2O. The van der Waals surface area contributed by atoms with Crippen molar-refractivity contribution in [3.63, 3.8) is 0 Å². The number of carbonyl (C=O) groups is 1. The Kier molecular flexibility index (Phi) is 5.00. The molecule has 1 saturated heterocycles. The number of aromatic nitrogens is 1. The lowest BCUT2D eigenvalue weighted by Crippen LogP contribution is -2.21. The zero-order valence-corrected chi connectivity index (χ0v) is 8.65. The molecule has 3 nitrogen and oxygen atoms in total. The summed E-state index contributed by atoms with van der Waals surface area (Å²) in [5.74, 6) is 0. The molecule has 1 aromatic heterocycles. The first kappa shape index (κ1) is 11.0. The Morgan fingerprint density at radius 2 is 1.71 bits per heavy atom. The highest BCUT2D eigenvalue weighted by molar-refractivity contribution is 6.62. The second-order valence-electron chi connectivity index (χ2n) is 2.97. The first-order valence-corrected chi connectivity index (χ1v) is 4.98. The zero-order valence-electron chi connectivity index (χ0n) is 7.90. The van der Waals surface area contributed by atoms with Crippen molar-refractivity contribution in [1.82, 2.24) is 9.88 Å². The molecule has 14 heavy (non-hydrogen) atoms. The van der Waals surface area contributed by atoms with Crippen molar-refractivity contribution in [3.8, 4) is 0 Å². The van der Waals surface area contributed by atoms with E-state index in [-0.39, 0.29) is 5.37 Å². The number of hydrogen-bond donors (Lipinski definition) is 0. The topological polar surface area (TPSA) is 33.2 Å². The van der Waals surface area contributed by atoms with E-state index in [1.807, 2.05) is 18.2 Å². The molecule has 2 rings (SSSR count). The van der Waals surface area contributed by atoms with Crippen LogP contribution in [0.25, 0.3) is 0 Å². The van der Waals surface area contributed by atoms with Gasteiger partial charge in [0.2, 0.25) is 0 Å². The molecule has 0 saturated carbocycles. The second-order valence-corrected chi connectivity index (χ2v) is 3.30. The van der Waals surface area contributed by atoms with Gasteiger partial charge in [-0.3, -0.25) is 9.78 Å². The van der Waals surface area contributed by atoms with Crippen LogP contribution in [-0.4, -0.2) is 28.3 Å². The minimum Gasteiger partial charge on any atom is -0.329 e. The Morgan fingerprint density at radius 1 is 1.14 bits per heavy atom. The summed E-state index contributed by atoms with van der Waals surface area (Å²) in [5, 5.41) is -0.303. The van der Waals surface area contributed by atoms with E-state index in [1.54, 1.807) is 17.3 Å². The van der Waals surface area contributed by atoms with Crippen LogP contribution in [-0.2, 0) is 0 Å². The van der Waals surface area contributed by atoms with Gasteiger partial charge in [-0.15, -0.1) is 0 Å². The Labute approximate surface area is 88.7 Å². The maximum absolute atomic E-state index is 10.3. The Bertz CT molecular complexity index is 233. The van der Waals surface area contributed by atoms with Gasteiger partial charge in [0.1, 0.15) is 0 Å². The average Bonchev–Trinajstić information content (AvgIpc) is 2.74. The minimum atomic E-state index is -0.303. The van der Waals surface area contributed by atoms with E-state index in [1.165, 1.54) is 0 Å². The predicted octanol–water partition coefficient (Wildman–Crippen LogP) is 2.52. The molecule has 0 bridgehead atoms. The molecule has 1 amide bonds. The number of nitrogens with zero attached hydrogens (tertiary/aromatic N) is 2. The van der Waals surface area contributed by atoms with Gasteiger partial charge < -0.3 is 4.90 Å². The average molecular weight is 213 g/mol. The van der Waals surface area contributed by atoms with Crippen LogP contribution in [0.2, 0.25) is 0 Å². The lowest BCUT2D eigenvalue weighted by molar-refractivity contribution is 0.232. The molecule has 1 fully saturated rings. The minimum absolute atomic E-state index is 0.303. The predicted molar refractivity (Wildman–Crippen MR) is 56.3 cm³/mol. The number of pyridine rings is 1. The van der Waals surface area contributed by atoms with Crippen molar-refractivity contribution in [1.29, 1.82) is 0 Å². The monoisotopic (exact) mass is 212 g/mol. The van der Waals surface area contributed by atoms with Gasteiger partial charge >= 0.3 is 5.37 Å². The molecule has 0 atom stereocenters. The third-order valence-corrected chi connectivity index (χ3v) is 2.16. The number of amides is 1. The molecule has 0 N–H and O–H groups in total. The molecule has 0 aliphatic carbocycles. The molecule has 2 heterocycles. The fourth-order valence-electron chi connectivity index (χ4n) is 1.21. The summed E-state index contributed by atoms with van der Waals surface area (Å²) in [4.78, 5) is 15.8. The quantitative estimate of drug-likeness (QED) is 0.489. The van der Waals surface area contributed by atoms with E-state index >= 15 is 0 Å². The molecule has 0 unspecified atom stereocenters. The van der Waals surface area contributed by atoms with Gasteiger partial charge in [-0.1, -0.05) is 6.07 Å². The van der Waals surface area contributed by atoms with Gasteiger partial charge in [-0.05, 0) is 36.6 Å². The van der Waals surface area contributed by atoms with Crippen LogP contribution in [0.1, 0.15) is 12.8 Å². The maximum Gasteiger partial charge on any atom is 0.316 e. The van der Waals surface area contributed by atoms with Gasteiger partial charge in [-0.25, -0.2) is 0 Å². The van der Waals surface area contributed by atoms with Crippen molar-refractivity contribution in [2.75, 3.05) is 13.1 Å². The fourth-order valence-corrected chi connectivity index (χ4v) is 1.37. The summed E-state index contributed by atoms with van der Waals surface area (Å²) in [6, 6.07) is 5.72. The summed E-state index contributed by atoms with van der Waals surface area (Å²) in [7, 11) is 0. The Hall–Kier alpha value is -1.09. The normalized spacial score (nSPS) is 14.5. The van der Waals surface area contributed by atoms with E-state index in [9.17, 15) is 4.79 Å². The Morgan fingerprint density at radius 3 is 1.93 bits per heavy atom. The number of hydrogen-bond acceptors (Lipinski definition) is 2. The van der Waals surface area contributed by atoms with Gasteiger partial charge in [0.15, 0.2) is 0 Å². The molecule has 4 heteroatoms. The third-order valence-electron chi connectivity index (χ3n) is 1.92. The maximum atomic E-state index is 10.3. The molecule has 1 aliphatic heterocycles. The van der Waals surface area contributed by atoms with Crippen molar-refractivity contribution in [2.45, 2.75) is 12.8 Å². The fraction of sp³-hybridized carbons (Fsp3) is 0.400. The van der Waals surface area contributed by atoms with E-state index in [4.69, 9.17) is 11.6 Å². The lowest BCUT2D eigenvalue weighted by Gasteiger charge is -2.07. The van der Waals surface area contributed by atoms with Gasteiger partial charge in [0.05, 0.1) is 0 Å². The van der Waals surface area contributed by atoms with Crippen molar-refractivity contribution in [2.24, 2.45) is 0 Å².